The Balaban J connectivity index is 1.61. The molecule has 3 aromatic rings. The van der Waals surface area contributed by atoms with E-state index in [2.05, 4.69) is 26.1 Å². The Bertz CT molecular complexity index is 997. The van der Waals surface area contributed by atoms with Gasteiger partial charge in [0.25, 0.3) is 0 Å². The average molecular weight is 424 g/mol. The molecule has 2 heterocycles. The van der Waals surface area contributed by atoms with E-state index in [0.29, 0.717) is 23.2 Å². The Hall–Kier alpha value is -2.35. The molecule has 1 aliphatic rings. The lowest BCUT2D eigenvalue weighted by atomic mass is 10.1. The van der Waals surface area contributed by atoms with Crippen molar-refractivity contribution in [1.82, 2.24) is 9.55 Å². The van der Waals surface area contributed by atoms with E-state index < -0.39 is 18.1 Å². The molecule has 0 radical (unpaired) electrons. The third kappa shape index (κ3) is 3.21. The van der Waals surface area contributed by atoms with Crippen LogP contribution >= 0.6 is 15.9 Å². The van der Waals surface area contributed by atoms with E-state index in [4.69, 9.17) is 4.84 Å². The van der Waals surface area contributed by atoms with Gasteiger partial charge in [-0.25, -0.2) is 4.98 Å². The van der Waals surface area contributed by atoms with E-state index in [-0.39, 0.29) is 6.54 Å². The third-order valence-corrected chi connectivity index (χ3v) is 4.68. The second-order valence-electron chi connectivity index (χ2n) is 6.01. The average Bonchev–Trinajstić information content (AvgIpc) is 3.20. The first-order valence-corrected chi connectivity index (χ1v) is 8.72. The van der Waals surface area contributed by atoms with Crippen LogP contribution in [-0.2, 0) is 17.6 Å². The van der Waals surface area contributed by atoms with Gasteiger partial charge in [0.1, 0.15) is 0 Å². The van der Waals surface area contributed by atoms with Crippen molar-refractivity contribution in [2.24, 2.45) is 5.16 Å². The van der Waals surface area contributed by atoms with Crippen molar-refractivity contribution in [3.63, 3.8) is 0 Å². The standard InChI is InChI=1S/C18H13BrF3N3O/c19-12-5-3-4-11(8-12)15-9-13(26-24-15)10-25-16-7-2-1-6-14(16)23-17(25)18(20,21)22/h1-8,13H,9-10H2. The fourth-order valence-corrected chi connectivity index (χ4v) is 3.44. The summed E-state index contributed by atoms with van der Waals surface area (Å²) in [6.07, 6.45) is -4.59. The summed E-state index contributed by atoms with van der Waals surface area (Å²) in [5.74, 6) is -0.918. The summed E-state index contributed by atoms with van der Waals surface area (Å²) in [5.41, 5.74) is 2.34. The van der Waals surface area contributed by atoms with Crippen molar-refractivity contribution in [3.8, 4) is 0 Å². The minimum atomic E-state index is -4.54. The number of oxime groups is 1. The molecule has 1 aliphatic heterocycles. The SMILES string of the molecule is FC(F)(F)c1nc2ccccc2n1CC1CC(c2cccc(Br)c2)=NO1. The van der Waals surface area contributed by atoms with Gasteiger partial charge in [-0.1, -0.05) is 45.4 Å². The van der Waals surface area contributed by atoms with E-state index in [1.165, 1.54) is 4.57 Å². The quantitative estimate of drug-likeness (QED) is 0.593. The third-order valence-electron chi connectivity index (χ3n) is 4.19. The molecule has 1 aromatic heterocycles. The zero-order chi connectivity index (χ0) is 18.3. The molecule has 1 atom stereocenters. The van der Waals surface area contributed by atoms with Crippen LogP contribution in [0.1, 0.15) is 17.8 Å². The summed E-state index contributed by atoms with van der Waals surface area (Å²) in [6, 6.07) is 14.1. The van der Waals surface area contributed by atoms with Gasteiger partial charge < -0.3 is 9.40 Å². The lowest BCUT2D eigenvalue weighted by Crippen LogP contribution is -2.22. The number of halogens is 4. The monoisotopic (exact) mass is 423 g/mol. The molecule has 0 amide bonds. The number of fused-ring (bicyclic) bond motifs is 1. The van der Waals surface area contributed by atoms with Crippen LogP contribution in [-0.4, -0.2) is 21.4 Å². The first-order chi connectivity index (χ1) is 12.4. The van der Waals surface area contributed by atoms with Crippen molar-refractivity contribution >= 4 is 32.7 Å². The second kappa shape index (κ2) is 6.42. The Kier molecular flexibility index (Phi) is 4.22. The molecule has 8 heteroatoms. The number of alkyl halides is 3. The van der Waals surface area contributed by atoms with Crippen LogP contribution in [0.4, 0.5) is 13.2 Å². The number of imidazole rings is 1. The minimum Gasteiger partial charge on any atom is -0.390 e. The Morgan fingerprint density at radius 3 is 2.73 bits per heavy atom. The number of rotatable bonds is 3. The maximum absolute atomic E-state index is 13.4. The largest absolute Gasteiger partial charge is 0.449 e. The van der Waals surface area contributed by atoms with Gasteiger partial charge in [0.15, 0.2) is 6.10 Å². The summed E-state index contributed by atoms with van der Waals surface area (Å²) in [4.78, 5) is 9.16. The first-order valence-electron chi connectivity index (χ1n) is 7.93. The van der Waals surface area contributed by atoms with Crippen LogP contribution in [0.25, 0.3) is 11.0 Å². The Morgan fingerprint density at radius 2 is 1.96 bits per heavy atom. The van der Waals surface area contributed by atoms with E-state index >= 15 is 0 Å². The highest BCUT2D eigenvalue weighted by molar-refractivity contribution is 9.10. The molecular formula is C18H13BrF3N3O. The molecule has 0 bridgehead atoms. The second-order valence-corrected chi connectivity index (χ2v) is 6.93. The highest BCUT2D eigenvalue weighted by atomic mass is 79.9. The number of nitrogens with zero attached hydrogens (tertiary/aromatic N) is 3. The normalized spacial score (nSPS) is 17.4. The smallest absolute Gasteiger partial charge is 0.390 e. The zero-order valence-electron chi connectivity index (χ0n) is 13.4. The molecule has 4 rings (SSSR count). The van der Waals surface area contributed by atoms with Crippen molar-refractivity contribution < 1.29 is 18.0 Å². The summed E-state index contributed by atoms with van der Waals surface area (Å²) in [5, 5.41) is 4.06. The van der Waals surface area contributed by atoms with Crippen molar-refractivity contribution in [1.29, 1.82) is 0 Å². The molecule has 4 nitrogen and oxygen atoms in total. The van der Waals surface area contributed by atoms with Crippen LogP contribution in [0, 0.1) is 0 Å². The van der Waals surface area contributed by atoms with Gasteiger partial charge in [-0.2, -0.15) is 13.2 Å². The fraction of sp³-hybridized carbons (Fsp3) is 0.222. The number of benzene rings is 2. The number of para-hydroxylation sites is 2. The van der Waals surface area contributed by atoms with Crippen LogP contribution in [0.3, 0.4) is 0 Å². The Morgan fingerprint density at radius 1 is 1.15 bits per heavy atom. The van der Waals surface area contributed by atoms with Crippen LogP contribution in [0.15, 0.2) is 58.2 Å². The molecule has 26 heavy (non-hydrogen) atoms. The molecule has 2 aromatic carbocycles. The van der Waals surface area contributed by atoms with E-state index in [9.17, 15) is 13.2 Å². The summed E-state index contributed by atoms with van der Waals surface area (Å²) in [6.45, 7) is 0.0242. The van der Waals surface area contributed by atoms with E-state index in [0.717, 1.165) is 10.0 Å². The van der Waals surface area contributed by atoms with Crippen molar-refractivity contribution in [3.05, 3.63) is 64.4 Å². The van der Waals surface area contributed by atoms with Gasteiger partial charge in [0.2, 0.25) is 5.82 Å². The number of hydrogen-bond acceptors (Lipinski definition) is 3. The van der Waals surface area contributed by atoms with E-state index in [1.54, 1.807) is 24.3 Å². The van der Waals surface area contributed by atoms with Crippen molar-refractivity contribution in [2.75, 3.05) is 0 Å². The summed E-state index contributed by atoms with van der Waals surface area (Å²) >= 11 is 3.40. The fourth-order valence-electron chi connectivity index (χ4n) is 3.05. The van der Waals surface area contributed by atoms with Crippen LogP contribution in [0.5, 0.6) is 0 Å². The number of hydrogen-bond donors (Lipinski definition) is 0. The minimum absolute atomic E-state index is 0.0242. The summed E-state index contributed by atoms with van der Waals surface area (Å²) < 4.78 is 42.2. The van der Waals surface area contributed by atoms with Gasteiger partial charge in [-0.3, -0.25) is 0 Å². The molecule has 0 saturated heterocycles. The van der Waals surface area contributed by atoms with Crippen molar-refractivity contribution in [2.45, 2.75) is 25.2 Å². The topological polar surface area (TPSA) is 39.4 Å². The lowest BCUT2D eigenvalue weighted by Gasteiger charge is -2.14. The van der Waals surface area contributed by atoms with Crippen LogP contribution < -0.4 is 0 Å². The first kappa shape index (κ1) is 17.1. The molecule has 0 aliphatic carbocycles. The predicted molar refractivity (Wildman–Crippen MR) is 94.9 cm³/mol. The highest BCUT2D eigenvalue weighted by Crippen LogP contribution is 2.32. The highest BCUT2D eigenvalue weighted by Gasteiger charge is 2.38. The predicted octanol–water partition coefficient (Wildman–Crippen LogP) is 5.01. The maximum atomic E-state index is 13.4. The Labute approximate surface area is 155 Å². The summed E-state index contributed by atoms with van der Waals surface area (Å²) in [7, 11) is 0. The molecule has 0 saturated carbocycles. The van der Waals surface area contributed by atoms with Gasteiger partial charge in [0.05, 0.1) is 23.3 Å². The lowest BCUT2D eigenvalue weighted by molar-refractivity contribution is -0.147. The molecule has 1 unspecified atom stereocenters. The van der Waals surface area contributed by atoms with E-state index in [1.807, 2.05) is 24.3 Å². The zero-order valence-corrected chi connectivity index (χ0v) is 15.0. The molecule has 0 fully saturated rings. The number of aromatic nitrogens is 2. The molecule has 0 spiro atoms. The molecule has 134 valence electrons. The van der Waals surface area contributed by atoms with Gasteiger partial charge in [-0.05, 0) is 24.3 Å². The van der Waals surface area contributed by atoms with Gasteiger partial charge in [0, 0.05) is 16.5 Å². The molecular weight excluding hydrogens is 411 g/mol. The maximum Gasteiger partial charge on any atom is 0.449 e. The molecule has 0 N–H and O–H groups in total. The van der Waals surface area contributed by atoms with Gasteiger partial charge in [-0.15, -0.1) is 0 Å². The van der Waals surface area contributed by atoms with Crippen LogP contribution in [0.2, 0.25) is 0 Å². The van der Waals surface area contributed by atoms with Gasteiger partial charge >= 0.3 is 6.18 Å².